The Hall–Kier alpha value is -2.37. The van der Waals surface area contributed by atoms with Crippen molar-refractivity contribution < 1.29 is 14.3 Å². The highest BCUT2D eigenvalue weighted by Crippen LogP contribution is 2.03. The summed E-state index contributed by atoms with van der Waals surface area (Å²) >= 11 is 0. The number of pyridine rings is 1. The van der Waals surface area contributed by atoms with Gasteiger partial charge in [0, 0.05) is 6.20 Å². The van der Waals surface area contributed by atoms with Gasteiger partial charge < -0.3 is 9.52 Å². The van der Waals surface area contributed by atoms with E-state index in [4.69, 9.17) is 9.52 Å². The van der Waals surface area contributed by atoms with Gasteiger partial charge in [-0.3, -0.25) is 9.36 Å². The molecule has 0 aliphatic rings. The zero-order valence-corrected chi connectivity index (χ0v) is 7.45. The number of hydrogen-bond donors (Lipinski definition) is 1. The summed E-state index contributed by atoms with van der Waals surface area (Å²) in [5.41, 5.74) is -0.962. The molecule has 0 spiro atoms. The van der Waals surface area contributed by atoms with E-state index >= 15 is 0 Å². The molecule has 0 radical (unpaired) electrons. The molecule has 2 aromatic rings. The van der Waals surface area contributed by atoms with Gasteiger partial charge in [-0.25, -0.2) is 9.78 Å². The molecule has 0 saturated carbocycles. The summed E-state index contributed by atoms with van der Waals surface area (Å²) in [5.74, 6) is -1.09. The molecule has 0 unspecified atom stereocenters. The first-order valence-electron chi connectivity index (χ1n) is 4.04. The lowest BCUT2D eigenvalue weighted by atomic mass is 10.3. The van der Waals surface area contributed by atoms with Gasteiger partial charge in [0.05, 0.1) is 6.20 Å². The van der Waals surface area contributed by atoms with E-state index in [1.54, 1.807) is 0 Å². The van der Waals surface area contributed by atoms with Crippen molar-refractivity contribution in [2.24, 2.45) is 0 Å². The van der Waals surface area contributed by atoms with Gasteiger partial charge in [0.25, 0.3) is 5.56 Å². The minimum absolute atomic E-state index is 0.183. The van der Waals surface area contributed by atoms with Gasteiger partial charge in [0.2, 0.25) is 5.88 Å². The first-order valence-corrected chi connectivity index (χ1v) is 4.04. The van der Waals surface area contributed by atoms with Crippen molar-refractivity contribution in [3.63, 3.8) is 0 Å². The molecule has 2 rings (SSSR count). The van der Waals surface area contributed by atoms with Crippen molar-refractivity contribution in [2.45, 2.75) is 0 Å². The SMILES string of the molecule is O=C(O)c1cccn(-c2cnco2)c1=O. The highest BCUT2D eigenvalue weighted by Gasteiger charge is 2.12. The van der Waals surface area contributed by atoms with Crippen LogP contribution >= 0.6 is 0 Å². The largest absolute Gasteiger partial charge is 0.477 e. The zero-order valence-electron chi connectivity index (χ0n) is 7.45. The lowest BCUT2D eigenvalue weighted by Crippen LogP contribution is -2.23. The van der Waals surface area contributed by atoms with Gasteiger partial charge in [0.15, 0.2) is 6.39 Å². The Kier molecular flexibility index (Phi) is 2.09. The second kappa shape index (κ2) is 3.41. The maximum Gasteiger partial charge on any atom is 0.341 e. The highest BCUT2D eigenvalue weighted by molar-refractivity contribution is 5.87. The second-order valence-corrected chi connectivity index (χ2v) is 2.74. The predicted molar refractivity (Wildman–Crippen MR) is 49.1 cm³/mol. The van der Waals surface area contributed by atoms with Gasteiger partial charge >= 0.3 is 5.97 Å². The fourth-order valence-corrected chi connectivity index (χ4v) is 1.16. The predicted octanol–water partition coefficient (Wildman–Crippen LogP) is 0.524. The molecule has 0 aliphatic carbocycles. The molecule has 2 aromatic heterocycles. The van der Waals surface area contributed by atoms with E-state index in [9.17, 15) is 9.59 Å². The molecule has 6 nitrogen and oxygen atoms in total. The Balaban J connectivity index is 2.65. The van der Waals surface area contributed by atoms with Gasteiger partial charge in [-0.15, -0.1) is 0 Å². The number of nitrogens with zero attached hydrogens (tertiary/aromatic N) is 2. The van der Waals surface area contributed by atoms with Crippen LogP contribution in [-0.4, -0.2) is 20.6 Å². The lowest BCUT2D eigenvalue weighted by molar-refractivity contribution is 0.0694. The Morgan fingerprint density at radius 2 is 2.33 bits per heavy atom. The van der Waals surface area contributed by atoms with Crippen LogP contribution in [0.3, 0.4) is 0 Å². The first kappa shape index (κ1) is 9.20. The maximum atomic E-state index is 11.6. The van der Waals surface area contributed by atoms with Crippen molar-refractivity contribution in [2.75, 3.05) is 0 Å². The molecule has 0 saturated heterocycles. The third-order valence-corrected chi connectivity index (χ3v) is 1.83. The van der Waals surface area contributed by atoms with E-state index in [1.165, 1.54) is 24.5 Å². The molecule has 0 fully saturated rings. The molecular formula is C9H6N2O4. The average Bonchev–Trinajstić information content (AvgIpc) is 2.70. The smallest absolute Gasteiger partial charge is 0.341 e. The third kappa shape index (κ3) is 1.52. The monoisotopic (exact) mass is 206 g/mol. The summed E-state index contributed by atoms with van der Waals surface area (Å²) in [6.07, 6.45) is 3.90. The van der Waals surface area contributed by atoms with Crippen molar-refractivity contribution >= 4 is 5.97 Å². The van der Waals surface area contributed by atoms with Crippen LogP contribution in [0.1, 0.15) is 10.4 Å². The van der Waals surface area contributed by atoms with Crippen LogP contribution in [0, 0.1) is 0 Å². The molecule has 15 heavy (non-hydrogen) atoms. The topological polar surface area (TPSA) is 85.3 Å². The van der Waals surface area contributed by atoms with Crippen molar-refractivity contribution in [1.82, 2.24) is 9.55 Å². The van der Waals surface area contributed by atoms with Crippen LogP contribution in [0.15, 0.2) is 40.1 Å². The summed E-state index contributed by atoms with van der Waals surface area (Å²) in [5, 5.41) is 8.73. The Morgan fingerprint density at radius 1 is 1.53 bits per heavy atom. The van der Waals surface area contributed by atoms with Gasteiger partial charge in [-0.2, -0.15) is 0 Å². The molecule has 2 heterocycles. The number of aromatic carboxylic acids is 1. The molecule has 6 heteroatoms. The second-order valence-electron chi connectivity index (χ2n) is 2.74. The summed E-state index contributed by atoms with van der Waals surface area (Å²) < 4.78 is 5.97. The number of rotatable bonds is 2. The van der Waals surface area contributed by atoms with Crippen LogP contribution in [-0.2, 0) is 0 Å². The Bertz CT molecular complexity index is 541. The Morgan fingerprint density at radius 3 is 2.93 bits per heavy atom. The molecular weight excluding hydrogens is 200 g/mol. The van der Waals surface area contributed by atoms with E-state index in [0.717, 1.165) is 11.0 Å². The van der Waals surface area contributed by atoms with Gasteiger partial charge in [0.1, 0.15) is 5.56 Å². The lowest BCUT2D eigenvalue weighted by Gasteiger charge is -2.00. The quantitative estimate of drug-likeness (QED) is 0.774. The fourth-order valence-electron chi connectivity index (χ4n) is 1.16. The summed E-state index contributed by atoms with van der Waals surface area (Å²) in [6.45, 7) is 0. The van der Waals surface area contributed by atoms with E-state index in [1.807, 2.05) is 0 Å². The third-order valence-electron chi connectivity index (χ3n) is 1.83. The first-order chi connectivity index (χ1) is 7.20. The Labute approximate surface area is 83.4 Å². The molecule has 1 N–H and O–H groups in total. The van der Waals surface area contributed by atoms with E-state index < -0.39 is 11.5 Å². The van der Waals surface area contributed by atoms with Crippen LogP contribution in [0.4, 0.5) is 0 Å². The summed E-state index contributed by atoms with van der Waals surface area (Å²) in [4.78, 5) is 25.9. The van der Waals surface area contributed by atoms with Crippen molar-refractivity contribution in [3.8, 4) is 5.88 Å². The molecule has 0 amide bonds. The number of carboxylic acid groups (broad SMARTS) is 1. The summed E-state index contributed by atoms with van der Waals surface area (Å²) in [6, 6.07) is 2.69. The van der Waals surface area contributed by atoms with Crippen molar-refractivity contribution in [3.05, 3.63) is 46.8 Å². The van der Waals surface area contributed by atoms with E-state index in [-0.39, 0.29) is 11.4 Å². The standard InChI is InChI=1S/C9H6N2O4/c12-8-6(9(13)14)2-1-3-11(8)7-4-10-5-15-7/h1-5H,(H,13,14). The molecule has 76 valence electrons. The highest BCUT2D eigenvalue weighted by atomic mass is 16.4. The summed E-state index contributed by atoms with van der Waals surface area (Å²) in [7, 11) is 0. The maximum absolute atomic E-state index is 11.6. The molecule has 0 aliphatic heterocycles. The van der Waals surface area contributed by atoms with Crippen molar-refractivity contribution in [1.29, 1.82) is 0 Å². The van der Waals surface area contributed by atoms with Crippen LogP contribution in [0.25, 0.3) is 5.88 Å². The molecule has 0 bridgehead atoms. The minimum atomic E-state index is -1.27. The molecule has 0 atom stereocenters. The minimum Gasteiger partial charge on any atom is -0.477 e. The fraction of sp³-hybridized carbons (Fsp3) is 0. The number of carbonyl (C=O) groups is 1. The number of aromatic nitrogens is 2. The number of carboxylic acids is 1. The van der Waals surface area contributed by atoms with E-state index in [0.29, 0.717) is 0 Å². The van der Waals surface area contributed by atoms with Crippen LogP contribution < -0.4 is 5.56 Å². The average molecular weight is 206 g/mol. The zero-order chi connectivity index (χ0) is 10.8. The van der Waals surface area contributed by atoms with Crippen LogP contribution in [0.5, 0.6) is 0 Å². The van der Waals surface area contributed by atoms with Crippen LogP contribution in [0.2, 0.25) is 0 Å². The van der Waals surface area contributed by atoms with Gasteiger partial charge in [-0.1, -0.05) is 0 Å². The number of oxazole rings is 1. The van der Waals surface area contributed by atoms with Gasteiger partial charge in [-0.05, 0) is 12.1 Å². The van der Waals surface area contributed by atoms with E-state index in [2.05, 4.69) is 4.98 Å². The number of hydrogen-bond acceptors (Lipinski definition) is 4. The molecule has 0 aromatic carbocycles. The normalized spacial score (nSPS) is 10.1.